The number of carbonyl (C=O) groups excluding carboxylic acids is 3. The van der Waals surface area contributed by atoms with Gasteiger partial charge in [0.05, 0.1) is 5.56 Å². The van der Waals surface area contributed by atoms with Gasteiger partial charge in [0.2, 0.25) is 0 Å². The van der Waals surface area contributed by atoms with Crippen LogP contribution >= 0.6 is 0 Å². The first-order valence-electron chi connectivity index (χ1n) is 17.2. The molecule has 6 rings (SSSR count). The largest absolute Gasteiger partial charge is 0.418 e. The smallest absolute Gasteiger partial charge is 0.398 e. The van der Waals surface area contributed by atoms with Gasteiger partial charge in [-0.1, -0.05) is 48.6 Å². The summed E-state index contributed by atoms with van der Waals surface area (Å²) in [5, 5.41) is 18.2. The van der Waals surface area contributed by atoms with Crippen molar-refractivity contribution in [3.63, 3.8) is 0 Å². The number of carbonyl (C=O) groups is 3. The lowest BCUT2D eigenvalue weighted by atomic mass is 9.74. The number of benzene rings is 3. The number of hydrogen-bond acceptors (Lipinski definition) is 6. The van der Waals surface area contributed by atoms with Crippen molar-refractivity contribution in [1.29, 1.82) is 0 Å². The van der Waals surface area contributed by atoms with Gasteiger partial charge in [-0.15, -0.1) is 0 Å². The Morgan fingerprint density at radius 2 is 1.53 bits per heavy atom. The van der Waals surface area contributed by atoms with Crippen LogP contribution in [0.5, 0.6) is 0 Å². The monoisotopic (exact) mass is 701 g/mol. The number of nitrogens with two attached hydrogens (primary N) is 1. The minimum absolute atomic E-state index is 0.0339. The van der Waals surface area contributed by atoms with Crippen molar-refractivity contribution >= 4 is 29.1 Å². The average Bonchev–Trinajstić information content (AvgIpc) is 3.15. The second-order valence-electron chi connectivity index (χ2n) is 13.4. The van der Waals surface area contributed by atoms with Crippen molar-refractivity contribution in [2.75, 3.05) is 50.3 Å². The van der Waals surface area contributed by atoms with Crippen LogP contribution in [0.15, 0.2) is 96.6 Å². The summed E-state index contributed by atoms with van der Waals surface area (Å²) in [7, 11) is 0. The number of nitrogens with one attached hydrogen (secondary N) is 2. The highest BCUT2D eigenvalue weighted by atomic mass is 19.4. The topological polar surface area (TPSA) is 128 Å². The molecule has 3 aromatic carbocycles. The van der Waals surface area contributed by atoms with Crippen LogP contribution in [0.25, 0.3) is 0 Å². The zero-order valence-corrected chi connectivity index (χ0v) is 28.2. The molecular formula is C39H42F3N5O4. The van der Waals surface area contributed by atoms with Crippen molar-refractivity contribution in [1.82, 2.24) is 15.1 Å². The van der Waals surface area contributed by atoms with Crippen molar-refractivity contribution in [3.05, 3.63) is 119 Å². The Bertz CT molecular complexity index is 1810. The standard InChI is InChI=1S/C39H42F3N5O4/c40-39(41,42)33-24-32(12-13-34(33)43)45-37(50)38(51,31-14-18-46(19-15-31)35(48)27-7-2-1-3-8-27)25-26-6-4-9-28(22-26)29-10-5-11-30(23-29)36(49)47-20-16-44-17-21-47/h1-8,10-13,22-24,28,31,44,51H,9,14-21,25,43H2,(H,45,50). The maximum absolute atomic E-state index is 14.1. The third-order valence-corrected chi connectivity index (χ3v) is 10.1. The Morgan fingerprint density at radius 1 is 0.863 bits per heavy atom. The number of halogens is 3. The Balaban J connectivity index is 1.25. The van der Waals surface area contributed by atoms with Crippen LogP contribution in [0.1, 0.15) is 63.4 Å². The molecule has 3 aromatic rings. The average molecular weight is 702 g/mol. The summed E-state index contributed by atoms with van der Waals surface area (Å²) in [6.45, 7) is 3.33. The van der Waals surface area contributed by atoms with Crippen molar-refractivity contribution < 1.29 is 32.7 Å². The van der Waals surface area contributed by atoms with Crippen LogP contribution in [-0.2, 0) is 11.0 Å². The number of hydrogen-bond donors (Lipinski definition) is 4. The highest BCUT2D eigenvalue weighted by Crippen LogP contribution is 2.39. The van der Waals surface area contributed by atoms with Crippen molar-refractivity contribution in [2.45, 2.75) is 43.4 Å². The molecule has 2 saturated heterocycles. The number of nitrogens with zero attached hydrogens (tertiary/aromatic N) is 2. The molecule has 2 unspecified atom stereocenters. The van der Waals surface area contributed by atoms with Crippen LogP contribution in [-0.4, -0.2) is 77.5 Å². The van der Waals surface area contributed by atoms with Crippen LogP contribution in [0.4, 0.5) is 24.5 Å². The quantitative estimate of drug-likeness (QED) is 0.226. The van der Waals surface area contributed by atoms with Crippen LogP contribution in [0.3, 0.4) is 0 Å². The Hall–Kier alpha value is -4.94. The molecule has 2 heterocycles. The molecule has 9 nitrogen and oxygen atoms in total. The lowest BCUT2D eigenvalue weighted by Crippen LogP contribution is -2.53. The van der Waals surface area contributed by atoms with Crippen LogP contribution in [0, 0.1) is 5.92 Å². The van der Waals surface area contributed by atoms with E-state index in [1.54, 1.807) is 35.2 Å². The summed E-state index contributed by atoms with van der Waals surface area (Å²) in [6.07, 6.45) is 2.19. The maximum Gasteiger partial charge on any atom is 0.418 e. The van der Waals surface area contributed by atoms with E-state index >= 15 is 0 Å². The summed E-state index contributed by atoms with van der Waals surface area (Å²) < 4.78 is 41.0. The van der Waals surface area contributed by atoms with Gasteiger partial charge in [0.25, 0.3) is 17.7 Å². The minimum Gasteiger partial charge on any atom is -0.398 e. The van der Waals surface area contributed by atoms with E-state index in [9.17, 15) is 32.7 Å². The molecule has 0 spiro atoms. The Kier molecular flexibility index (Phi) is 10.6. The van der Waals surface area contributed by atoms with Gasteiger partial charge < -0.3 is 31.3 Å². The van der Waals surface area contributed by atoms with Gasteiger partial charge >= 0.3 is 6.18 Å². The van der Waals surface area contributed by atoms with E-state index in [4.69, 9.17) is 5.73 Å². The number of piperidine rings is 1. The molecule has 51 heavy (non-hydrogen) atoms. The molecule has 0 aromatic heterocycles. The number of rotatable bonds is 8. The van der Waals surface area contributed by atoms with Gasteiger partial charge in [0, 0.05) is 80.0 Å². The molecule has 3 amide bonds. The first kappa shape index (κ1) is 35.9. The lowest BCUT2D eigenvalue weighted by Gasteiger charge is -2.41. The Morgan fingerprint density at radius 3 is 2.24 bits per heavy atom. The van der Waals surface area contributed by atoms with Gasteiger partial charge in [-0.25, -0.2) is 0 Å². The lowest BCUT2D eigenvalue weighted by molar-refractivity contribution is -0.142. The van der Waals surface area contributed by atoms with Gasteiger partial charge in [-0.3, -0.25) is 14.4 Å². The summed E-state index contributed by atoms with van der Waals surface area (Å²) in [5.41, 5.74) is 4.57. The fourth-order valence-corrected chi connectivity index (χ4v) is 7.21. The van der Waals surface area contributed by atoms with Gasteiger partial charge in [-0.05, 0) is 72.9 Å². The number of piperazine rings is 1. The third-order valence-electron chi connectivity index (χ3n) is 10.1. The number of amides is 3. The van der Waals surface area contributed by atoms with Crippen molar-refractivity contribution in [2.24, 2.45) is 5.92 Å². The molecule has 2 atom stereocenters. The second kappa shape index (κ2) is 15.1. The number of allylic oxidation sites excluding steroid dienone is 3. The van der Waals surface area contributed by atoms with Crippen molar-refractivity contribution in [3.8, 4) is 0 Å². The molecule has 268 valence electrons. The number of nitrogen functional groups attached to an aromatic ring is 1. The fraction of sp³-hybridized carbons (Fsp3) is 0.359. The maximum atomic E-state index is 14.1. The van der Waals surface area contributed by atoms with Gasteiger partial charge in [0.15, 0.2) is 0 Å². The van der Waals surface area contributed by atoms with E-state index < -0.39 is 34.9 Å². The summed E-state index contributed by atoms with van der Waals surface area (Å²) in [5.74, 6) is -1.77. The first-order chi connectivity index (χ1) is 24.4. The summed E-state index contributed by atoms with van der Waals surface area (Å²) in [6, 6.07) is 19.4. The van der Waals surface area contributed by atoms with E-state index in [1.165, 1.54) is 6.07 Å². The number of alkyl halides is 3. The molecule has 0 saturated carbocycles. The second-order valence-corrected chi connectivity index (χ2v) is 13.4. The summed E-state index contributed by atoms with van der Waals surface area (Å²) in [4.78, 5) is 43.9. The highest BCUT2D eigenvalue weighted by molar-refractivity contribution is 5.98. The van der Waals surface area contributed by atoms with Gasteiger partial charge in [0.1, 0.15) is 5.60 Å². The number of anilines is 2. The number of aliphatic hydroxyl groups is 1. The molecule has 1 aliphatic carbocycles. The van der Waals surface area contributed by atoms with E-state index in [1.807, 2.05) is 47.4 Å². The molecule has 12 heteroatoms. The molecule has 5 N–H and O–H groups in total. The van der Waals surface area contributed by atoms with Crippen LogP contribution in [0.2, 0.25) is 0 Å². The molecule has 0 bridgehead atoms. The molecule has 0 radical (unpaired) electrons. The van der Waals surface area contributed by atoms with Crippen LogP contribution < -0.4 is 16.4 Å². The molecule has 3 aliphatic rings. The van der Waals surface area contributed by atoms with E-state index in [0.717, 1.165) is 30.8 Å². The zero-order valence-electron chi connectivity index (χ0n) is 28.2. The predicted octanol–water partition coefficient (Wildman–Crippen LogP) is 5.62. The third kappa shape index (κ3) is 8.18. The normalized spacial score (nSPS) is 19.6. The SMILES string of the molecule is Nc1ccc(NC(=O)C(O)(CC2=CC(c3cccc(C(=O)N4CCNCC4)c3)CC=C2)C2CCN(C(=O)c3ccccc3)CC2)cc1C(F)(F)F. The summed E-state index contributed by atoms with van der Waals surface area (Å²) >= 11 is 0. The molecule has 2 aliphatic heterocycles. The zero-order chi connectivity index (χ0) is 36.2. The van der Waals surface area contributed by atoms with Gasteiger partial charge in [-0.2, -0.15) is 13.2 Å². The number of likely N-dealkylation sites (tertiary alicyclic amines) is 1. The van der Waals surface area contributed by atoms with E-state index in [0.29, 0.717) is 62.1 Å². The first-order valence-corrected chi connectivity index (χ1v) is 17.2. The minimum atomic E-state index is -4.74. The highest BCUT2D eigenvalue weighted by Gasteiger charge is 2.46. The molecular weight excluding hydrogens is 659 g/mol. The van der Waals surface area contributed by atoms with E-state index in [2.05, 4.69) is 10.6 Å². The fourth-order valence-electron chi connectivity index (χ4n) is 7.21. The Labute approximate surface area is 295 Å². The van der Waals surface area contributed by atoms with E-state index in [-0.39, 0.29) is 29.8 Å². The molecule has 2 fully saturated rings. The predicted molar refractivity (Wildman–Crippen MR) is 189 cm³/mol.